The SMILES string of the molecule is CCC(=O)OC(CC)Oc1ccc(C2(c3ccc(OC(CC)OC(=O)CC)cc3)c3ccccc3-c3ccccc32)cc1. The third-order valence-electron chi connectivity index (χ3n) is 7.83. The minimum absolute atomic E-state index is 0.289. The predicted molar refractivity (Wildman–Crippen MR) is 166 cm³/mol. The molecule has 1 aliphatic rings. The van der Waals surface area contributed by atoms with Crippen molar-refractivity contribution in [2.75, 3.05) is 0 Å². The molecule has 5 rings (SSSR count). The Morgan fingerprint density at radius 3 is 1.28 bits per heavy atom. The molecule has 0 spiro atoms. The minimum atomic E-state index is -0.642. The molecular weight excluding hydrogens is 540 g/mol. The average Bonchev–Trinajstić information content (AvgIpc) is 3.35. The lowest BCUT2D eigenvalue weighted by molar-refractivity contribution is -0.164. The van der Waals surface area contributed by atoms with E-state index in [1.54, 1.807) is 13.8 Å². The van der Waals surface area contributed by atoms with Gasteiger partial charge in [-0.15, -0.1) is 0 Å². The maximum Gasteiger partial charge on any atom is 0.308 e. The number of carbonyl (C=O) groups excluding carboxylic acids is 2. The van der Waals surface area contributed by atoms with Crippen LogP contribution in [0.3, 0.4) is 0 Å². The third kappa shape index (κ3) is 5.87. The Morgan fingerprint density at radius 2 is 0.930 bits per heavy atom. The van der Waals surface area contributed by atoms with Gasteiger partial charge in [-0.05, 0) is 57.6 Å². The van der Waals surface area contributed by atoms with Crippen molar-refractivity contribution in [1.82, 2.24) is 0 Å². The maximum absolute atomic E-state index is 11.9. The van der Waals surface area contributed by atoms with Gasteiger partial charge in [0.1, 0.15) is 11.5 Å². The number of hydrogen-bond donors (Lipinski definition) is 0. The minimum Gasteiger partial charge on any atom is -0.455 e. The summed E-state index contributed by atoms with van der Waals surface area (Å²) in [5, 5.41) is 0. The maximum atomic E-state index is 11.9. The lowest BCUT2D eigenvalue weighted by Gasteiger charge is -2.34. The smallest absolute Gasteiger partial charge is 0.308 e. The van der Waals surface area contributed by atoms with Crippen LogP contribution in [0, 0.1) is 0 Å². The summed E-state index contributed by atoms with van der Waals surface area (Å²) in [6, 6.07) is 33.1. The van der Waals surface area contributed by atoms with Gasteiger partial charge in [0.15, 0.2) is 0 Å². The lowest BCUT2D eigenvalue weighted by Crippen LogP contribution is -2.29. The van der Waals surface area contributed by atoms with Crippen LogP contribution in [0.5, 0.6) is 11.5 Å². The van der Waals surface area contributed by atoms with E-state index in [1.165, 1.54) is 22.3 Å². The summed E-state index contributed by atoms with van der Waals surface area (Å²) in [7, 11) is 0. The molecule has 0 saturated heterocycles. The van der Waals surface area contributed by atoms with Gasteiger partial charge < -0.3 is 18.9 Å². The standard InChI is InChI=1S/C37H38O6/c1-5-33(38)42-35(7-3)40-27-21-17-25(18-22-27)37(31-15-11-9-13-29(31)30-14-10-12-16-32(30)37)26-19-23-28(24-20-26)41-36(8-4)43-34(39)6-2/h9-24,35-36H,5-8H2,1-4H3. The number of ether oxygens (including phenoxy) is 4. The normalized spacial score (nSPS) is 14.1. The number of carbonyl (C=O) groups is 2. The van der Waals surface area contributed by atoms with E-state index < -0.39 is 18.0 Å². The van der Waals surface area contributed by atoms with Crippen molar-refractivity contribution in [2.45, 2.75) is 71.4 Å². The van der Waals surface area contributed by atoms with Gasteiger partial charge in [-0.25, -0.2) is 0 Å². The first-order chi connectivity index (χ1) is 20.9. The van der Waals surface area contributed by atoms with Crippen LogP contribution < -0.4 is 9.47 Å². The zero-order valence-corrected chi connectivity index (χ0v) is 25.2. The molecule has 4 aromatic rings. The van der Waals surface area contributed by atoms with E-state index in [9.17, 15) is 9.59 Å². The summed E-state index contributed by atoms with van der Waals surface area (Å²) >= 11 is 0. The third-order valence-corrected chi connectivity index (χ3v) is 7.83. The summed E-state index contributed by atoms with van der Waals surface area (Å²) in [4.78, 5) is 23.7. The zero-order chi connectivity index (χ0) is 30.4. The summed E-state index contributed by atoms with van der Waals surface area (Å²) in [5.74, 6) is 0.681. The fourth-order valence-corrected chi connectivity index (χ4v) is 5.74. The molecule has 0 N–H and O–H groups in total. The quantitative estimate of drug-likeness (QED) is 0.110. The molecule has 1 aliphatic carbocycles. The van der Waals surface area contributed by atoms with Crippen molar-refractivity contribution in [2.24, 2.45) is 0 Å². The summed E-state index contributed by atoms with van der Waals surface area (Å²) < 4.78 is 22.9. The molecule has 6 nitrogen and oxygen atoms in total. The van der Waals surface area contributed by atoms with Gasteiger partial charge >= 0.3 is 11.9 Å². The van der Waals surface area contributed by atoms with Gasteiger partial charge in [0.2, 0.25) is 12.6 Å². The van der Waals surface area contributed by atoms with Crippen LogP contribution in [0.15, 0.2) is 97.1 Å². The molecule has 0 radical (unpaired) electrons. The van der Waals surface area contributed by atoms with E-state index in [0.717, 1.165) is 11.1 Å². The second kappa shape index (κ2) is 13.2. The Morgan fingerprint density at radius 1 is 0.558 bits per heavy atom. The first-order valence-electron chi connectivity index (χ1n) is 15.1. The molecule has 0 saturated carbocycles. The second-order valence-corrected chi connectivity index (χ2v) is 10.5. The molecular formula is C37H38O6. The van der Waals surface area contributed by atoms with E-state index >= 15 is 0 Å². The van der Waals surface area contributed by atoms with E-state index in [2.05, 4.69) is 72.8 Å². The van der Waals surface area contributed by atoms with Crippen molar-refractivity contribution in [1.29, 1.82) is 0 Å². The van der Waals surface area contributed by atoms with Gasteiger partial charge in [0, 0.05) is 25.7 Å². The highest BCUT2D eigenvalue weighted by atomic mass is 16.7. The Bertz CT molecular complexity index is 1440. The largest absolute Gasteiger partial charge is 0.455 e. The Labute approximate surface area is 253 Å². The number of rotatable bonds is 12. The molecule has 0 heterocycles. The molecule has 222 valence electrons. The number of benzene rings is 4. The number of fused-ring (bicyclic) bond motifs is 3. The van der Waals surface area contributed by atoms with Gasteiger partial charge in [0.05, 0.1) is 5.41 Å². The van der Waals surface area contributed by atoms with E-state index in [1.807, 2.05) is 38.1 Å². The molecule has 6 heteroatoms. The Kier molecular flexibility index (Phi) is 9.15. The van der Waals surface area contributed by atoms with Crippen molar-refractivity contribution < 1.29 is 28.5 Å². The molecule has 0 aliphatic heterocycles. The lowest BCUT2D eigenvalue weighted by atomic mass is 9.68. The summed E-state index contributed by atoms with van der Waals surface area (Å²) in [5.41, 5.74) is 6.31. The highest BCUT2D eigenvalue weighted by Gasteiger charge is 2.45. The predicted octanol–water partition coefficient (Wildman–Crippen LogP) is 8.19. The van der Waals surface area contributed by atoms with Crippen LogP contribution in [0.25, 0.3) is 11.1 Å². The molecule has 43 heavy (non-hydrogen) atoms. The van der Waals surface area contributed by atoms with Gasteiger partial charge in [0.25, 0.3) is 0 Å². The van der Waals surface area contributed by atoms with Gasteiger partial charge in [-0.3, -0.25) is 9.59 Å². The van der Waals surface area contributed by atoms with Crippen LogP contribution in [-0.2, 0) is 24.5 Å². The first kappa shape index (κ1) is 29.9. The van der Waals surface area contributed by atoms with Crippen molar-refractivity contribution in [3.63, 3.8) is 0 Å². The van der Waals surface area contributed by atoms with Crippen molar-refractivity contribution in [3.8, 4) is 22.6 Å². The summed E-state index contributed by atoms with van der Waals surface area (Å²) in [6.07, 6.45) is 0.402. The molecule has 2 unspecified atom stereocenters. The zero-order valence-electron chi connectivity index (χ0n) is 25.2. The van der Waals surface area contributed by atoms with Crippen LogP contribution in [0.4, 0.5) is 0 Å². The topological polar surface area (TPSA) is 71.1 Å². The average molecular weight is 579 g/mol. The van der Waals surface area contributed by atoms with Crippen LogP contribution in [-0.4, -0.2) is 24.5 Å². The van der Waals surface area contributed by atoms with Crippen molar-refractivity contribution >= 4 is 11.9 Å². The van der Waals surface area contributed by atoms with Crippen LogP contribution in [0.1, 0.15) is 75.6 Å². The highest BCUT2D eigenvalue weighted by Crippen LogP contribution is 2.56. The molecule has 0 fully saturated rings. The van der Waals surface area contributed by atoms with Crippen LogP contribution >= 0.6 is 0 Å². The van der Waals surface area contributed by atoms with Gasteiger partial charge in [-0.2, -0.15) is 0 Å². The fourth-order valence-electron chi connectivity index (χ4n) is 5.74. The van der Waals surface area contributed by atoms with E-state index in [0.29, 0.717) is 37.2 Å². The fraction of sp³-hybridized carbons (Fsp3) is 0.297. The van der Waals surface area contributed by atoms with Crippen molar-refractivity contribution in [3.05, 3.63) is 119 Å². The van der Waals surface area contributed by atoms with E-state index in [-0.39, 0.29) is 11.9 Å². The molecule has 0 bridgehead atoms. The molecule has 0 aromatic heterocycles. The molecule has 4 aromatic carbocycles. The Hall–Kier alpha value is -4.58. The van der Waals surface area contributed by atoms with Gasteiger partial charge in [-0.1, -0.05) is 100 Å². The number of esters is 2. The van der Waals surface area contributed by atoms with Crippen LogP contribution in [0.2, 0.25) is 0 Å². The Balaban J connectivity index is 1.57. The number of hydrogen-bond acceptors (Lipinski definition) is 6. The second-order valence-electron chi connectivity index (χ2n) is 10.5. The van der Waals surface area contributed by atoms with E-state index in [4.69, 9.17) is 18.9 Å². The molecule has 2 atom stereocenters. The molecule has 0 amide bonds. The first-order valence-corrected chi connectivity index (χ1v) is 15.1. The summed E-state index contributed by atoms with van der Waals surface area (Å²) in [6.45, 7) is 7.38. The highest BCUT2D eigenvalue weighted by molar-refractivity contribution is 5.86. The monoisotopic (exact) mass is 578 g/mol.